The van der Waals surface area contributed by atoms with Gasteiger partial charge in [-0.1, -0.05) is 24.3 Å². The Labute approximate surface area is 143 Å². The van der Waals surface area contributed by atoms with Crippen LogP contribution >= 0.6 is 0 Å². The number of ether oxygens (including phenoxy) is 1. The number of nitriles is 1. The summed E-state index contributed by atoms with van der Waals surface area (Å²) in [4.78, 5) is 4.57. The van der Waals surface area contributed by atoms with E-state index < -0.39 is 0 Å². The van der Waals surface area contributed by atoms with Crippen molar-refractivity contribution < 1.29 is 4.74 Å². The summed E-state index contributed by atoms with van der Waals surface area (Å²) >= 11 is 0. The van der Waals surface area contributed by atoms with Crippen molar-refractivity contribution in [1.29, 1.82) is 5.26 Å². The molecule has 2 aromatic carbocycles. The van der Waals surface area contributed by atoms with Gasteiger partial charge in [0.05, 0.1) is 25.3 Å². The fourth-order valence-corrected chi connectivity index (χ4v) is 2.18. The van der Waals surface area contributed by atoms with Gasteiger partial charge in [-0.15, -0.1) is 0 Å². The molecule has 0 bridgehead atoms. The lowest BCUT2D eigenvalue weighted by molar-refractivity contribution is 0.414. The number of hydrogen-bond donors (Lipinski definition) is 2. The standard InChI is InChI=1S/C19H22N4O/c1-3-21-19(22-13-15-7-9-18(24-2)10-8-15)23-14-17-6-4-5-16(11-17)12-20/h4-11H,3,13-14H2,1-2H3,(H2,21,22,23). The van der Waals surface area contributed by atoms with Gasteiger partial charge >= 0.3 is 0 Å². The van der Waals surface area contributed by atoms with E-state index in [1.807, 2.05) is 49.4 Å². The minimum Gasteiger partial charge on any atom is -0.497 e. The molecule has 2 N–H and O–H groups in total. The summed E-state index contributed by atoms with van der Waals surface area (Å²) in [7, 11) is 1.66. The first-order valence-electron chi connectivity index (χ1n) is 7.89. The Hall–Kier alpha value is -3.00. The third kappa shape index (κ3) is 5.33. The van der Waals surface area contributed by atoms with Crippen molar-refractivity contribution >= 4 is 5.96 Å². The summed E-state index contributed by atoms with van der Waals surface area (Å²) < 4.78 is 5.16. The molecule has 5 nitrogen and oxygen atoms in total. The van der Waals surface area contributed by atoms with Crippen LogP contribution in [0.1, 0.15) is 23.6 Å². The normalized spacial score (nSPS) is 10.8. The number of guanidine groups is 1. The van der Waals surface area contributed by atoms with E-state index in [4.69, 9.17) is 10.00 Å². The zero-order valence-electron chi connectivity index (χ0n) is 14.0. The summed E-state index contributed by atoms with van der Waals surface area (Å²) in [6.07, 6.45) is 0. The quantitative estimate of drug-likeness (QED) is 0.634. The van der Waals surface area contributed by atoms with E-state index in [0.717, 1.165) is 29.4 Å². The highest BCUT2D eigenvalue weighted by atomic mass is 16.5. The lowest BCUT2D eigenvalue weighted by Crippen LogP contribution is -2.36. The van der Waals surface area contributed by atoms with Gasteiger partial charge in [0.25, 0.3) is 0 Å². The van der Waals surface area contributed by atoms with Gasteiger partial charge in [-0.25, -0.2) is 4.99 Å². The second kappa shape index (κ2) is 9.21. The van der Waals surface area contributed by atoms with Crippen molar-refractivity contribution in [2.24, 2.45) is 4.99 Å². The zero-order valence-corrected chi connectivity index (χ0v) is 14.0. The maximum absolute atomic E-state index is 8.95. The first-order valence-corrected chi connectivity index (χ1v) is 7.89. The van der Waals surface area contributed by atoms with E-state index in [1.165, 1.54) is 0 Å². The van der Waals surface area contributed by atoms with E-state index >= 15 is 0 Å². The Morgan fingerprint density at radius 3 is 2.58 bits per heavy atom. The van der Waals surface area contributed by atoms with Crippen LogP contribution in [-0.2, 0) is 13.1 Å². The van der Waals surface area contributed by atoms with Crippen LogP contribution in [0.4, 0.5) is 0 Å². The molecule has 0 saturated heterocycles. The highest BCUT2D eigenvalue weighted by Gasteiger charge is 2.00. The molecule has 24 heavy (non-hydrogen) atoms. The van der Waals surface area contributed by atoms with Crippen LogP contribution < -0.4 is 15.4 Å². The summed E-state index contributed by atoms with van der Waals surface area (Å²) in [6.45, 7) is 4.01. The second-order valence-corrected chi connectivity index (χ2v) is 5.21. The lowest BCUT2D eigenvalue weighted by atomic mass is 10.1. The molecule has 0 aliphatic rings. The molecule has 0 spiro atoms. The van der Waals surface area contributed by atoms with Crippen LogP contribution in [0.5, 0.6) is 5.75 Å². The van der Waals surface area contributed by atoms with Crippen LogP contribution in [0.3, 0.4) is 0 Å². The van der Waals surface area contributed by atoms with Gasteiger partial charge in [-0.2, -0.15) is 5.26 Å². The molecule has 0 fully saturated rings. The number of benzene rings is 2. The molecule has 0 radical (unpaired) electrons. The fourth-order valence-electron chi connectivity index (χ4n) is 2.18. The molecule has 0 aliphatic heterocycles. The summed E-state index contributed by atoms with van der Waals surface area (Å²) in [6, 6.07) is 17.6. The summed E-state index contributed by atoms with van der Waals surface area (Å²) in [5, 5.41) is 15.5. The van der Waals surface area contributed by atoms with Gasteiger partial charge in [0.1, 0.15) is 5.75 Å². The summed E-state index contributed by atoms with van der Waals surface area (Å²) in [5.41, 5.74) is 2.81. The summed E-state index contributed by atoms with van der Waals surface area (Å²) in [5.74, 6) is 1.59. The van der Waals surface area contributed by atoms with Gasteiger partial charge in [-0.05, 0) is 42.3 Å². The molecular formula is C19H22N4O. The minimum absolute atomic E-state index is 0.521. The average Bonchev–Trinajstić information content (AvgIpc) is 2.64. The molecule has 2 rings (SSSR count). The third-order valence-electron chi connectivity index (χ3n) is 3.44. The molecule has 0 aliphatic carbocycles. The Balaban J connectivity index is 1.98. The first-order chi connectivity index (χ1) is 11.7. The highest BCUT2D eigenvalue weighted by molar-refractivity contribution is 5.79. The molecule has 0 unspecified atom stereocenters. The van der Waals surface area contributed by atoms with Gasteiger partial charge < -0.3 is 15.4 Å². The molecule has 0 saturated carbocycles. The predicted octanol–water partition coefficient (Wildman–Crippen LogP) is 2.82. The second-order valence-electron chi connectivity index (χ2n) is 5.21. The maximum Gasteiger partial charge on any atom is 0.191 e. The Kier molecular flexibility index (Phi) is 6.66. The van der Waals surface area contributed by atoms with Gasteiger partial charge in [0.15, 0.2) is 5.96 Å². The molecule has 5 heteroatoms. The van der Waals surface area contributed by atoms with Crippen LogP contribution in [0.15, 0.2) is 53.5 Å². The van der Waals surface area contributed by atoms with Gasteiger partial charge in [0, 0.05) is 13.1 Å². The van der Waals surface area contributed by atoms with Crippen molar-refractivity contribution in [3.05, 3.63) is 65.2 Å². The van der Waals surface area contributed by atoms with E-state index in [1.54, 1.807) is 13.2 Å². The van der Waals surface area contributed by atoms with Crippen LogP contribution in [-0.4, -0.2) is 19.6 Å². The van der Waals surface area contributed by atoms with Crippen molar-refractivity contribution in [2.75, 3.05) is 13.7 Å². The molecule has 124 valence electrons. The van der Waals surface area contributed by atoms with E-state index in [2.05, 4.69) is 21.7 Å². The topological polar surface area (TPSA) is 69.4 Å². The van der Waals surface area contributed by atoms with Crippen LogP contribution in [0, 0.1) is 11.3 Å². The van der Waals surface area contributed by atoms with E-state index in [-0.39, 0.29) is 0 Å². The molecular weight excluding hydrogens is 300 g/mol. The van der Waals surface area contributed by atoms with Crippen molar-refractivity contribution in [3.8, 4) is 11.8 Å². The minimum atomic E-state index is 0.521. The van der Waals surface area contributed by atoms with E-state index in [9.17, 15) is 0 Å². The highest BCUT2D eigenvalue weighted by Crippen LogP contribution is 2.11. The predicted molar refractivity (Wildman–Crippen MR) is 95.8 cm³/mol. The maximum atomic E-state index is 8.95. The van der Waals surface area contributed by atoms with Crippen LogP contribution in [0.25, 0.3) is 0 Å². The third-order valence-corrected chi connectivity index (χ3v) is 3.44. The molecule has 0 atom stereocenters. The molecule has 0 heterocycles. The number of methoxy groups -OCH3 is 1. The van der Waals surface area contributed by atoms with E-state index in [0.29, 0.717) is 18.7 Å². The van der Waals surface area contributed by atoms with Gasteiger partial charge in [0.2, 0.25) is 0 Å². The largest absolute Gasteiger partial charge is 0.497 e. The van der Waals surface area contributed by atoms with Crippen molar-refractivity contribution in [2.45, 2.75) is 20.0 Å². The smallest absolute Gasteiger partial charge is 0.191 e. The number of nitrogens with one attached hydrogen (secondary N) is 2. The monoisotopic (exact) mass is 322 g/mol. The van der Waals surface area contributed by atoms with Crippen molar-refractivity contribution in [3.63, 3.8) is 0 Å². The van der Waals surface area contributed by atoms with Crippen LogP contribution in [0.2, 0.25) is 0 Å². The Morgan fingerprint density at radius 1 is 1.12 bits per heavy atom. The zero-order chi connectivity index (χ0) is 17.2. The average molecular weight is 322 g/mol. The first kappa shape index (κ1) is 17.4. The molecule has 2 aromatic rings. The SMILES string of the molecule is CCNC(=NCc1cccc(C#N)c1)NCc1ccc(OC)cc1. The van der Waals surface area contributed by atoms with Gasteiger partial charge in [-0.3, -0.25) is 0 Å². The Morgan fingerprint density at radius 2 is 1.92 bits per heavy atom. The fraction of sp³-hybridized carbons (Fsp3) is 0.263. The Bertz CT molecular complexity index is 717. The molecule has 0 amide bonds. The number of nitrogens with zero attached hydrogens (tertiary/aromatic N) is 2. The van der Waals surface area contributed by atoms with Crippen molar-refractivity contribution in [1.82, 2.24) is 10.6 Å². The molecule has 0 aromatic heterocycles. The number of aliphatic imine (C=N–C) groups is 1. The lowest BCUT2D eigenvalue weighted by Gasteiger charge is -2.12. The number of hydrogen-bond acceptors (Lipinski definition) is 3. The number of rotatable bonds is 6.